The van der Waals surface area contributed by atoms with Crippen LogP contribution in [0.4, 0.5) is 5.69 Å². The largest absolute Gasteiger partial charge is 0.325 e. The summed E-state index contributed by atoms with van der Waals surface area (Å²) < 4.78 is 0. The van der Waals surface area contributed by atoms with Crippen molar-refractivity contribution in [2.75, 3.05) is 11.9 Å². The van der Waals surface area contributed by atoms with Crippen molar-refractivity contribution in [2.45, 2.75) is 20.8 Å². The van der Waals surface area contributed by atoms with Crippen molar-refractivity contribution >= 4 is 11.6 Å². The lowest BCUT2D eigenvalue weighted by Gasteiger charge is -2.10. The molecule has 0 radical (unpaired) electrons. The minimum atomic E-state index is 0.584. The summed E-state index contributed by atoms with van der Waals surface area (Å²) in [6, 6.07) is 6.14. The SMILES string of the molecule is CCN=C(NN)Nc1ccc(C)c(C)c1. The summed E-state index contributed by atoms with van der Waals surface area (Å²) in [6.45, 7) is 6.81. The average molecular weight is 206 g/mol. The molecule has 82 valence electrons. The van der Waals surface area contributed by atoms with E-state index < -0.39 is 0 Å². The van der Waals surface area contributed by atoms with Crippen LogP contribution in [0.25, 0.3) is 0 Å². The van der Waals surface area contributed by atoms with E-state index >= 15 is 0 Å². The number of nitrogens with two attached hydrogens (primary N) is 1. The molecule has 0 saturated carbocycles. The van der Waals surface area contributed by atoms with Gasteiger partial charge in [0.2, 0.25) is 5.96 Å². The van der Waals surface area contributed by atoms with E-state index in [0.717, 1.165) is 5.69 Å². The van der Waals surface area contributed by atoms with Crippen molar-refractivity contribution in [1.29, 1.82) is 0 Å². The summed E-state index contributed by atoms with van der Waals surface area (Å²) in [4.78, 5) is 4.16. The quantitative estimate of drug-likeness (QED) is 0.298. The zero-order valence-electron chi connectivity index (χ0n) is 9.46. The maximum Gasteiger partial charge on any atom is 0.210 e. The molecule has 0 unspecified atom stereocenters. The standard InChI is InChI=1S/C11H18N4/c1-4-13-11(15-12)14-10-6-5-8(2)9(3)7-10/h5-7H,4,12H2,1-3H3,(H2,13,14,15). The molecular weight excluding hydrogens is 188 g/mol. The molecule has 4 nitrogen and oxygen atoms in total. The third-order valence-corrected chi connectivity index (χ3v) is 2.22. The van der Waals surface area contributed by atoms with Crippen LogP contribution in [0, 0.1) is 13.8 Å². The number of guanidine groups is 1. The molecule has 0 aliphatic heterocycles. The summed E-state index contributed by atoms with van der Waals surface area (Å²) in [5.41, 5.74) is 6.03. The first-order valence-electron chi connectivity index (χ1n) is 5.02. The van der Waals surface area contributed by atoms with Gasteiger partial charge in [0.1, 0.15) is 0 Å². The van der Waals surface area contributed by atoms with E-state index in [2.05, 4.69) is 41.7 Å². The van der Waals surface area contributed by atoms with Crippen LogP contribution in [0.5, 0.6) is 0 Å². The van der Waals surface area contributed by atoms with Crippen molar-refractivity contribution in [3.05, 3.63) is 29.3 Å². The van der Waals surface area contributed by atoms with Crippen LogP contribution in [-0.2, 0) is 0 Å². The van der Waals surface area contributed by atoms with E-state index in [1.807, 2.05) is 13.0 Å². The summed E-state index contributed by atoms with van der Waals surface area (Å²) in [5, 5.41) is 3.11. The number of hydrogen-bond donors (Lipinski definition) is 3. The minimum Gasteiger partial charge on any atom is -0.325 e. The summed E-state index contributed by atoms with van der Waals surface area (Å²) in [7, 11) is 0. The summed E-state index contributed by atoms with van der Waals surface area (Å²) in [6.07, 6.45) is 0. The molecule has 0 atom stereocenters. The highest BCUT2D eigenvalue weighted by Gasteiger charge is 1.98. The van der Waals surface area contributed by atoms with Crippen LogP contribution < -0.4 is 16.6 Å². The first kappa shape index (κ1) is 11.5. The van der Waals surface area contributed by atoms with Gasteiger partial charge >= 0.3 is 0 Å². The van der Waals surface area contributed by atoms with Gasteiger partial charge in [-0.05, 0) is 44.0 Å². The first-order chi connectivity index (χ1) is 7.17. The number of nitrogens with one attached hydrogen (secondary N) is 2. The van der Waals surface area contributed by atoms with Crippen molar-refractivity contribution in [3.63, 3.8) is 0 Å². The van der Waals surface area contributed by atoms with Crippen LogP contribution in [0.15, 0.2) is 23.2 Å². The van der Waals surface area contributed by atoms with Gasteiger partial charge in [0.15, 0.2) is 0 Å². The number of nitrogens with zero attached hydrogens (tertiary/aromatic N) is 1. The monoisotopic (exact) mass is 206 g/mol. The molecule has 0 bridgehead atoms. The normalized spacial score (nSPS) is 11.3. The molecule has 15 heavy (non-hydrogen) atoms. The molecule has 4 N–H and O–H groups in total. The molecule has 0 spiro atoms. The second-order valence-electron chi connectivity index (χ2n) is 3.39. The number of aliphatic imine (C=N–C) groups is 1. The number of benzene rings is 1. The number of rotatable bonds is 2. The van der Waals surface area contributed by atoms with E-state index in [1.54, 1.807) is 0 Å². The second kappa shape index (κ2) is 5.36. The zero-order chi connectivity index (χ0) is 11.3. The predicted molar refractivity (Wildman–Crippen MR) is 64.8 cm³/mol. The minimum absolute atomic E-state index is 0.584. The molecular formula is C11H18N4. The van der Waals surface area contributed by atoms with Crippen molar-refractivity contribution in [1.82, 2.24) is 5.43 Å². The van der Waals surface area contributed by atoms with E-state index in [4.69, 9.17) is 5.84 Å². The van der Waals surface area contributed by atoms with Gasteiger partial charge in [0, 0.05) is 12.2 Å². The lowest BCUT2D eigenvalue weighted by atomic mass is 10.1. The van der Waals surface area contributed by atoms with E-state index in [-0.39, 0.29) is 0 Å². The van der Waals surface area contributed by atoms with Crippen molar-refractivity contribution in [3.8, 4) is 0 Å². The van der Waals surface area contributed by atoms with Crippen molar-refractivity contribution < 1.29 is 0 Å². The van der Waals surface area contributed by atoms with Gasteiger partial charge in [-0.15, -0.1) is 0 Å². The van der Waals surface area contributed by atoms with Crippen molar-refractivity contribution in [2.24, 2.45) is 10.8 Å². The maximum absolute atomic E-state index is 5.33. The van der Waals surface area contributed by atoms with Crippen LogP contribution in [0.3, 0.4) is 0 Å². The third kappa shape index (κ3) is 3.25. The molecule has 0 fully saturated rings. The number of hydrazine groups is 1. The number of anilines is 1. The molecule has 0 heterocycles. The Morgan fingerprint density at radius 2 is 2.07 bits per heavy atom. The van der Waals surface area contributed by atoms with Gasteiger partial charge in [-0.25, -0.2) is 5.84 Å². The Labute approximate surface area is 90.6 Å². The van der Waals surface area contributed by atoms with Gasteiger partial charge in [0.25, 0.3) is 0 Å². The van der Waals surface area contributed by atoms with E-state index in [9.17, 15) is 0 Å². The number of aryl methyl sites for hydroxylation is 2. The van der Waals surface area contributed by atoms with Gasteiger partial charge in [-0.2, -0.15) is 0 Å². The molecule has 0 amide bonds. The zero-order valence-corrected chi connectivity index (χ0v) is 9.46. The van der Waals surface area contributed by atoms with Crippen LogP contribution in [0.1, 0.15) is 18.1 Å². The lowest BCUT2D eigenvalue weighted by Crippen LogP contribution is -2.36. The predicted octanol–water partition coefficient (Wildman–Crippen LogP) is 1.55. The van der Waals surface area contributed by atoms with Crippen LogP contribution in [0.2, 0.25) is 0 Å². The smallest absolute Gasteiger partial charge is 0.210 e. The molecule has 1 rings (SSSR count). The second-order valence-corrected chi connectivity index (χ2v) is 3.39. The first-order valence-corrected chi connectivity index (χ1v) is 5.02. The Bertz CT molecular complexity index is 358. The molecule has 0 aromatic heterocycles. The Hall–Kier alpha value is -1.55. The summed E-state index contributed by atoms with van der Waals surface area (Å²) >= 11 is 0. The van der Waals surface area contributed by atoms with Gasteiger partial charge in [-0.1, -0.05) is 6.07 Å². The van der Waals surface area contributed by atoms with Crippen LogP contribution >= 0.6 is 0 Å². The molecule has 1 aromatic rings. The maximum atomic E-state index is 5.33. The molecule has 4 heteroatoms. The Morgan fingerprint density at radius 3 is 2.60 bits per heavy atom. The summed E-state index contributed by atoms with van der Waals surface area (Å²) in [5.74, 6) is 5.92. The Kier molecular flexibility index (Phi) is 4.12. The Balaban J connectivity index is 2.80. The molecule has 0 aliphatic rings. The van der Waals surface area contributed by atoms with E-state index in [0.29, 0.717) is 12.5 Å². The number of hydrogen-bond acceptors (Lipinski definition) is 2. The molecule has 1 aromatic carbocycles. The fourth-order valence-electron chi connectivity index (χ4n) is 1.24. The molecule has 0 saturated heterocycles. The topological polar surface area (TPSA) is 62.4 Å². The van der Waals surface area contributed by atoms with E-state index in [1.165, 1.54) is 11.1 Å². The highest BCUT2D eigenvalue weighted by Crippen LogP contribution is 2.13. The highest BCUT2D eigenvalue weighted by molar-refractivity contribution is 5.93. The Morgan fingerprint density at radius 1 is 1.33 bits per heavy atom. The van der Waals surface area contributed by atoms with Crippen LogP contribution in [-0.4, -0.2) is 12.5 Å². The van der Waals surface area contributed by atoms with Gasteiger partial charge in [0.05, 0.1) is 0 Å². The highest BCUT2D eigenvalue weighted by atomic mass is 15.3. The fraction of sp³-hybridized carbons (Fsp3) is 0.364. The lowest BCUT2D eigenvalue weighted by molar-refractivity contribution is 0.986. The van der Waals surface area contributed by atoms with Gasteiger partial charge in [-0.3, -0.25) is 10.4 Å². The fourth-order valence-corrected chi connectivity index (χ4v) is 1.24. The average Bonchev–Trinajstić information content (AvgIpc) is 2.23. The van der Waals surface area contributed by atoms with Gasteiger partial charge < -0.3 is 5.32 Å². The third-order valence-electron chi connectivity index (χ3n) is 2.22. The molecule has 0 aliphatic carbocycles.